The molecule has 2 N–H and O–H groups in total. The number of nitrogens with one attached hydrogen (secondary N) is 2. The summed E-state index contributed by atoms with van der Waals surface area (Å²) in [5, 5.41) is 7.31. The molecule has 0 aliphatic rings. The van der Waals surface area contributed by atoms with Gasteiger partial charge in [0.2, 0.25) is 5.91 Å². The van der Waals surface area contributed by atoms with Crippen molar-refractivity contribution in [1.82, 2.24) is 15.3 Å². The van der Waals surface area contributed by atoms with Crippen LogP contribution < -0.4 is 5.32 Å². The third kappa shape index (κ3) is 3.79. The van der Waals surface area contributed by atoms with Gasteiger partial charge in [0.25, 0.3) is 0 Å². The van der Waals surface area contributed by atoms with Crippen LogP contribution in [0.25, 0.3) is 10.9 Å². The van der Waals surface area contributed by atoms with Gasteiger partial charge in [-0.3, -0.25) is 4.79 Å². The zero-order valence-electron chi connectivity index (χ0n) is 13.4. The molecule has 0 spiro atoms. The summed E-state index contributed by atoms with van der Waals surface area (Å²) in [5.41, 5.74) is 3.37. The third-order valence-corrected chi connectivity index (χ3v) is 4.77. The highest BCUT2D eigenvalue weighted by Gasteiger charge is 2.12. The third-order valence-electron chi connectivity index (χ3n) is 3.98. The quantitative estimate of drug-likeness (QED) is 0.715. The van der Waals surface area contributed by atoms with Gasteiger partial charge in [-0.2, -0.15) is 0 Å². The normalized spacial score (nSPS) is 12.4. The first-order valence-corrected chi connectivity index (χ1v) is 8.78. The number of para-hydroxylation sites is 1. The van der Waals surface area contributed by atoms with E-state index >= 15 is 0 Å². The summed E-state index contributed by atoms with van der Waals surface area (Å²) in [6.07, 6.45) is 4.33. The number of hydrogen-bond donors (Lipinski definition) is 2. The molecule has 0 saturated heterocycles. The molecule has 1 atom stereocenters. The Kier molecular flexibility index (Phi) is 4.76. The highest BCUT2D eigenvalue weighted by atomic mass is 32.1. The molecule has 0 fully saturated rings. The lowest BCUT2D eigenvalue weighted by Crippen LogP contribution is -2.26. The van der Waals surface area contributed by atoms with E-state index in [2.05, 4.69) is 27.4 Å². The van der Waals surface area contributed by atoms with Gasteiger partial charge < -0.3 is 10.3 Å². The Labute approximate surface area is 140 Å². The standard InChI is InChI=1S/C18H21N3OS/c1-12(17-11-23-13(2)21-17)20-18(22)9-5-6-14-10-19-16-8-4-3-7-15(14)16/h3-4,7-8,10-12,19H,5-6,9H2,1-2H3,(H,20,22). The lowest BCUT2D eigenvalue weighted by molar-refractivity contribution is -0.121. The second-order valence-corrected chi connectivity index (χ2v) is 6.86. The molecule has 0 radical (unpaired) electrons. The molecule has 2 heterocycles. The Morgan fingerprint density at radius 1 is 1.39 bits per heavy atom. The zero-order valence-corrected chi connectivity index (χ0v) is 14.2. The minimum Gasteiger partial charge on any atom is -0.361 e. The first-order chi connectivity index (χ1) is 11.1. The molecule has 1 amide bonds. The number of rotatable bonds is 6. The van der Waals surface area contributed by atoms with Crippen molar-refractivity contribution in [1.29, 1.82) is 0 Å². The van der Waals surface area contributed by atoms with Gasteiger partial charge in [-0.1, -0.05) is 18.2 Å². The summed E-state index contributed by atoms with van der Waals surface area (Å²) in [6.45, 7) is 3.95. The number of benzene rings is 1. The van der Waals surface area contributed by atoms with E-state index in [0.717, 1.165) is 29.1 Å². The molecular formula is C18H21N3OS. The van der Waals surface area contributed by atoms with Gasteiger partial charge in [-0.25, -0.2) is 4.98 Å². The Hall–Kier alpha value is -2.14. The summed E-state index contributed by atoms with van der Waals surface area (Å²) in [6, 6.07) is 8.24. The van der Waals surface area contributed by atoms with Crippen LogP contribution in [0.1, 0.15) is 42.1 Å². The maximum absolute atomic E-state index is 12.1. The number of nitrogens with zero attached hydrogens (tertiary/aromatic N) is 1. The lowest BCUT2D eigenvalue weighted by atomic mass is 10.1. The Bertz CT molecular complexity index is 805. The molecule has 1 aromatic carbocycles. The molecule has 3 aromatic rings. The van der Waals surface area contributed by atoms with Crippen molar-refractivity contribution in [3.63, 3.8) is 0 Å². The van der Waals surface area contributed by atoms with E-state index in [4.69, 9.17) is 0 Å². The first-order valence-electron chi connectivity index (χ1n) is 7.90. The fraction of sp³-hybridized carbons (Fsp3) is 0.333. The molecule has 0 saturated carbocycles. The van der Waals surface area contributed by atoms with E-state index in [-0.39, 0.29) is 11.9 Å². The monoisotopic (exact) mass is 327 g/mol. The van der Waals surface area contributed by atoms with E-state index < -0.39 is 0 Å². The van der Waals surface area contributed by atoms with Gasteiger partial charge in [0.1, 0.15) is 0 Å². The summed E-state index contributed by atoms with van der Waals surface area (Å²) < 4.78 is 0. The molecule has 0 bridgehead atoms. The summed E-state index contributed by atoms with van der Waals surface area (Å²) in [4.78, 5) is 19.8. The van der Waals surface area contributed by atoms with Crippen molar-refractivity contribution >= 4 is 28.1 Å². The largest absolute Gasteiger partial charge is 0.361 e. The Balaban J connectivity index is 1.49. The minimum atomic E-state index is -0.0273. The molecule has 2 aromatic heterocycles. The number of amides is 1. The average molecular weight is 327 g/mol. The van der Waals surface area contributed by atoms with Crippen LogP contribution in [0.5, 0.6) is 0 Å². The van der Waals surface area contributed by atoms with E-state index in [1.165, 1.54) is 10.9 Å². The van der Waals surface area contributed by atoms with Gasteiger partial charge in [0, 0.05) is 28.9 Å². The predicted octanol–water partition coefficient (Wildman–Crippen LogP) is 4.13. The van der Waals surface area contributed by atoms with E-state index in [1.54, 1.807) is 11.3 Å². The van der Waals surface area contributed by atoms with Gasteiger partial charge in [-0.05, 0) is 38.3 Å². The van der Waals surface area contributed by atoms with Crippen molar-refractivity contribution in [2.75, 3.05) is 0 Å². The number of aromatic nitrogens is 2. The van der Waals surface area contributed by atoms with Crippen molar-refractivity contribution in [2.24, 2.45) is 0 Å². The first kappa shape index (κ1) is 15.7. The zero-order chi connectivity index (χ0) is 16.2. The second kappa shape index (κ2) is 6.96. The SMILES string of the molecule is Cc1nc(C(C)NC(=O)CCCc2c[nH]c3ccccc23)cs1. The number of fused-ring (bicyclic) bond motifs is 1. The van der Waals surface area contributed by atoms with Gasteiger partial charge in [0.05, 0.1) is 16.7 Å². The van der Waals surface area contributed by atoms with Crippen LogP contribution in [0.15, 0.2) is 35.8 Å². The van der Waals surface area contributed by atoms with Crippen molar-refractivity contribution in [2.45, 2.75) is 39.2 Å². The van der Waals surface area contributed by atoms with E-state index in [1.807, 2.05) is 37.6 Å². The highest BCUT2D eigenvalue weighted by Crippen LogP contribution is 2.20. The maximum atomic E-state index is 12.1. The fourth-order valence-electron chi connectivity index (χ4n) is 2.74. The van der Waals surface area contributed by atoms with Crippen LogP contribution >= 0.6 is 11.3 Å². The molecule has 3 rings (SSSR count). The molecule has 0 aliphatic carbocycles. The van der Waals surface area contributed by atoms with Crippen LogP contribution in [0.2, 0.25) is 0 Å². The minimum absolute atomic E-state index is 0.0273. The van der Waals surface area contributed by atoms with Crippen molar-refractivity contribution < 1.29 is 4.79 Å². The summed E-state index contributed by atoms with van der Waals surface area (Å²) >= 11 is 1.61. The maximum Gasteiger partial charge on any atom is 0.220 e. The fourth-order valence-corrected chi connectivity index (χ4v) is 3.45. The Morgan fingerprint density at radius 2 is 2.22 bits per heavy atom. The van der Waals surface area contributed by atoms with Crippen LogP contribution in [-0.4, -0.2) is 15.9 Å². The van der Waals surface area contributed by atoms with Gasteiger partial charge >= 0.3 is 0 Å². The van der Waals surface area contributed by atoms with Crippen LogP contribution in [-0.2, 0) is 11.2 Å². The van der Waals surface area contributed by atoms with Crippen LogP contribution in [0.4, 0.5) is 0 Å². The van der Waals surface area contributed by atoms with Crippen LogP contribution in [0.3, 0.4) is 0 Å². The average Bonchev–Trinajstić information content (AvgIpc) is 3.14. The van der Waals surface area contributed by atoms with Crippen molar-refractivity contribution in [3.8, 4) is 0 Å². The molecule has 4 nitrogen and oxygen atoms in total. The van der Waals surface area contributed by atoms with E-state index in [9.17, 15) is 4.79 Å². The molecule has 5 heteroatoms. The summed E-state index contributed by atoms with van der Waals surface area (Å²) in [7, 11) is 0. The van der Waals surface area contributed by atoms with Crippen molar-refractivity contribution in [3.05, 3.63) is 52.1 Å². The van der Waals surface area contributed by atoms with Crippen LogP contribution in [0, 0.1) is 6.92 Å². The molecule has 0 aliphatic heterocycles. The second-order valence-electron chi connectivity index (χ2n) is 5.79. The number of thiazole rings is 1. The molecule has 23 heavy (non-hydrogen) atoms. The Morgan fingerprint density at radius 3 is 3.00 bits per heavy atom. The number of carbonyl (C=O) groups is 1. The van der Waals surface area contributed by atoms with Gasteiger partial charge in [0.15, 0.2) is 0 Å². The molecule has 120 valence electrons. The summed E-state index contributed by atoms with van der Waals surface area (Å²) in [5.74, 6) is 0.0861. The topological polar surface area (TPSA) is 57.8 Å². The van der Waals surface area contributed by atoms with Gasteiger partial charge in [-0.15, -0.1) is 11.3 Å². The number of hydrogen-bond acceptors (Lipinski definition) is 3. The number of H-pyrrole nitrogens is 1. The molecular weight excluding hydrogens is 306 g/mol. The predicted molar refractivity (Wildman–Crippen MR) is 94.6 cm³/mol. The molecule has 1 unspecified atom stereocenters. The lowest BCUT2D eigenvalue weighted by Gasteiger charge is -2.11. The van der Waals surface area contributed by atoms with E-state index in [0.29, 0.717) is 6.42 Å². The number of aromatic amines is 1. The number of carbonyl (C=O) groups excluding carboxylic acids is 1. The smallest absolute Gasteiger partial charge is 0.220 e. The highest BCUT2D eigenvalue weighted by molar-refractivity contribution is 7.09. The number of aryl methyl sites for hydroxylation is 2.